The summed E-state index contributed by atoms with van der Waals surface area (Å²) in [5.74, 6) is 2.32. The molecule has 0 bridgehead atoms. The first-order valence-electron chi connectivity index (χ1n) is 9.86. The molecule has 1 saturated heterocycles. The van der Waals surface area contributed by atoms with E-state index in [9.17, 15) is 0 Å². The molecule has 0 saturated carbocycles. The van der Waals surface area contributed by atoms with Crippen molar-refractivity contribution in [2.24, 2.45) is 16.8 Å². The van der Waals surface area contributed by atoms with Gasteiger partial charge in [-0.2, -0.15) is 0 Å². The third-order valence-corrected chi connectivity index (χ3v) is 5.49. The van der Waals surface area contributed by atoms with E-state index in [1.165, 1.54) is 37.4 Å². The van der Waals surface area contributed by atoms with Gasteiger partial charge in [0.2, 0.25) is 0 Å². The monoisotopic (exact) mass is 492 g/mol. The smallest absolute Gasteiger partial charge is 0.191 e. The number of rotatable bonds is 8. The van der Waals surface area contributed by atoms with Crippen molar-refractivity contribution < 1.29 is 0 Å². The summed E-state index contributed by atoms with van der Waals surface area (Å²) in [6.07, 6.45) is 3.54. The molecule has 150 valence electrons. The van der Waals surface area contributed by atoms with Crippen LogP contribution in [-0.4, -0.2) is 49.6 Å². The zero-order valence-corrected chi connectivity index (χ0v) is 20.0. The number of thiophene rings is 1. The Morgan fingerprint density at radius 2 is 2.04 bits per heavy atom. The number of nitrogens with one attached hydrogen (secondary N) is 2. The molecule has 1 atom stereocenters. The Morgan fingerprint density at radius 1 is 1.31 bits per heavy atom. The van der Waals surface area contributed by atoms with Gasteiger partial charge in [0.05, 0.1) is 0 Å². The van der Waals surface area contributed by atoms with Gasteiger partial charge in [0.1, 0.15) is 0 Å². The highest BCUT2D eigenvalue weighted by molar-refractivity contribution is 14.0. The van der Waals surface area contributed by atoms with E-state index in [1.807, 2.05) is 11.3 Å². The number of aliphatic imine (C=N–C) groups is 1. The zero-order chi connectivity index (χ0) is 18.1. The Labute approximate surface area is 181 Å². The van der Waals surface area contributed by atoms with Crippen LogP contribution in [0.15, 0.2) is 22.5 Å². The summed E-state index contributed by atoms with van der Waals surface area (Å²) in [4.78, 5) is 8.89. The molecule has 6 heteroatoms. The quantitative estimate of drug-likeness (QED) is 0.324. The minimum Gasteiger partial charge on any atom is -0.357 e. The van der Waals surface area contributed by atoms with Crippen molar-refractivity contribution in [3.63, 3.8) is 0 Å². The molecule has 1 unspecified atom stereocenters. The molecule has 1 aliphatic rings. The minimum atomic E-state index is 0. The zero-order valence-electron chi connectivity index (χ0n) is 16.8. The molecule has 1 aromatic heterocycles. The standard InChI is InChI=1S/C20H36N4S.HI/c1-5-21-20(22-14-17(4)13-19-7-6-12-25-19)23-18-8-10-24(11-9-18)15-16(2)3;/h6-7,12,16-18H,5,8-11,13-15H2,1-4H3,(H2,21,22,23);1H. The van der Waals surface area contributed by atoms with Gasteiger partial charge in [0.15, 0.2) is 5.96 Å². The van der Waals surface area contributed by atoms with Gasteiger partial charge in [-0.05, 0) is 49.5 Å². The second-order valence-electron chi connectivity index (χ2n) is 7.72. The summed E-state index contributed by atoms with van der Waals surface area (Å²) in [5, 5.41) is 9.23. The fraction of sp³-hybridized carbons (Fsp3) is 0.750. The second kappa shape index (κ2) is 12.9. The van der Waals surface area contributed by atoms with E-state index in [-0.39, 0.29) is 24.0 Å². The summed E-state index contributed by atoms with van der Waals surface area (Å²) < 4.78 is 0. The van der Waals surface area contributed by atoms with Crippen molar-refractivity contribution in [3.05, 3.63) is 22.4 Å². The van der Waals surface area contributed by atoms with Gasteiger partial charge < -0.3 is 15.5 Å². The molecule has 0 aliphatic carbocycles. The Hall–Kier alpha value is -0.340. The normalized spacial score (nSPS) is 17.8. The van der Waals surface area contributed by atoms with Gasteiger partial charge in [-0.3, -0.25) is 4.99 Å². The van der Waals surface area contributed by atoms with Crippen LogP contribution in [0.5, 0.6) is 0 Å². The molecular formula is C20H37IN4S. The highest BCUT2D eigenvalue weighted by Crippen LogP contribution is 2.15. The minimum absolute atomic E-state index is 0. The van der Waals surface area contributed by atoms with E-state index < -0.39 is 0 Å². The van der Waals surface area contributed by atoms with Crippen LogP contribution >= 0.6 is 35.3 Å². The third-order valence-electron chi connectivity index (χ3n) is 4.59. The molecule has 0 aromatic carbocycles. The van der Waals surface area contributed by atoms with Crippen LogP contribution in [0.3, 0.4) is 0 Å². The van der Waals surface area contributed by atoms with Crippen molar-refractivity contribution >= 4 is 41.3 Å². The summed E-state index contributed by atoms with van der Waals surface area (Å²) in [6.45, 7) is 14.4. The molecule has 0 radical (unpaired) electrons. The molecule has 0 spiro atoms. The lowest BCUT2D eigenvalue weighted by Crippen LogP contribution is -2.49. The van der Waals surface area contributed by atoms with Gasteiger partial charge in [0.25, 0.3) is 0 Å². The van der Waals surface area contributed by atoms with E-state index in [2.05, 4.69) is 60.7 Å². The SMILES string of the molecule is CCNC(=NCC(C)Cc1cccs1)NC1CCN(CC(C)C)CC1.I. The maximum atomic E-state index is 4.84. The topological polar surface area (TPSA) is 39.7 Å². The fourth-order valence-corrected chi connectivity index (χ4v) is 4.24. The average Bonchev–Trinajstić information content (AvgIpc) is 3.07. The van der Waals surface area contributed by atoms with Crippen LogP contribution < -0.4 is 10.6 Å². The Morgan fingerprint density at radius 3 is 2.62 bits per heavy atom. The largest absolute Gasteiger partial charge is 0.357 e. The van der Waals surface area contributed by atoms with E-state index in [0.29, 0.717) is 12.0 Å². The van der Waals surface area contributed by atoms with Crippen LogP contribution in [0.2, 0.25) is 0 Å². The first-order valence-corrected chi connectivity index (χ1v) is 10.7. The number of hydrogen-bond donors (Lipinski definition) is 2. The first kappa shape index (κ1) is 23.7. The highest BCUT2D eigenvalue weighted by Gasteiger charge is 2.20. The van der Waals surface area contributed by atoms with Crippen LogP contribution in [0.4, 0.5) is 0 Å². The maximum Gasteiger partial charge on any atom is 0.191 e. The predicted octanol–water partition coefficient (Wildman–Crippen LogP) is 4.22. The van der Waals surface area contributed by atoms with Crippen molar-refractivity contribution in [3.8, 4) is 0 Å². The van der Waals surface area contributed by atoms with Gasteiger partial charge in [-0.15, -0.1) is 35.3 Å². The second-order valence-corrected chi connectivity index (χ2v) is 8.75. The lowest BCUT2D eigenvalue weighted by atomic mass is 10.0. The number of hydrogen-bond acceptors (Lipinski definition) is 3. The summed E-state index contributed by atoms with van der Waals surface area (Å²) in [7, 11) is 0. The fourth-order valence-electron chi connectivity index (χ4n) is 3.37. The van der Waals surface area contributed by atoms with Gasteiger partial charge >= 0.3 is 0 Å². The molecule has 2 N–H and O–H groups in total. The summed E-state index contributed by atoms with van der Waals surface area (Å²) >= 11 is 1.84. The van der Waals surface area contributed by atoms with Crippen molar-refractivity contribution in [1.29, 1.82) is 0 Å². The number of likely N-dealkylation sites (tertiary alicyclic amines) is 1. The van der Waals surface area contributed by atoms with E-state index in [1.54, 1.807) is 0 Å². The van der Waals surface area contributed by atoms with E-state index in [4.69, 9.17) is 4.99 Å². The Bertz CT molecular complexity index is 496. The molecule has 2 heterocycles. The maximum absolute atomic E-state index is 4.84. The van der Waals surface area contributed by atoms with E-state index >= 15 is 0 Å². The number of piperidine rings is 1. The molecular weight excluding hydrogens is 455 g/mol. The number of nitrogens with zero attached hydrogens (tertiary/aromatic N) is 2. The third kappa shape index (κ3) is 9.04. The summed E-state index contributed by atoms with van der Waals surface area (Å²) in [6, 6.07) is 4.90. The van der Waals surface area contributed by atoms with Crippen LogP contribution in [0.25, 0.3) is 0 Å². The molecule has 1 fully saturated rings. The average molecular weight is 493 g/mol. The predicted molar refractivity (Wildman–Crippen MR) is 126 cm³/mol. The van der Waals surface area contributed by atoms with Crippen molar-refractivity contribution in [2.45, 2.75) is 53.0 Å². The highest BCUT2D eigenvalue weighted by atomic mass is 127. The number of guanidine groups is 1. The lowest BCUT2D eigenvalue weighted by molar-refractivity contribution is 0.187. The molecule has 1 aromatic rings. The van der Waals surface area contributed by atoms with Crippen LogP contribution in [-0.2, 0) is 6.42 Å². The Balaban J connectivity index is 0.00000338. The lowest BCUT2D eigenvalue weighted by Gasteiger charge is -2.34. The van der Waals surface area contributed by atoms with Gasteiger partial charge in [-0.25, -0.2) is 0 Å². The first-order chi connectivity index (χ1) is 12.1. The Kier molecular flexibility index (Phi) is 11.8. The molecule has 4 nitrogen and oxygen atoms in total. The van der Waals surface area contributed by atoms with Crippen molar-refractivity contribution in [1.82, 2.24) is 15.5 Å². The number of halogens is 1. The summed E-state index contributed by atoms with van der Waals surface area (Å²) in [5.41, 5.74) is 0. The van der Waals surface area contributed by atoms with Gasteiger partial charge in [-0.1, -0.05) is 26.8 Å². The molecule has 0 amide bonds. The van der Waals surface area contributed by atoms with E-state index in [0.717, 1.165) is 31.4 Å². The van der Waals surface area contributed by atoms with Gasteiger partial charge in [0, 0.05) is 43.6 Å². The molecule has 26 heavy (non-hydrogen) atoms. The molecule has 2 rings (SSSR count). The van der Waals surface area contributed by atoms with Crippen LogP contribution in [0.1, 0.15) is 45.4 Å². The van der Waals surface area contributed by atoms with Crippen molar-refractivity contribution in [2.75, 3.05) is 32.7 Å². The van der Waals surface area contributed by atoms with Crippen LogP contribution in [0, 0.1) is 11.8 Å². The molecule has 1 aliphatic heterocycles.